The first kappa shape index (κ1) is 21.1. The number of methoxy groups -OCH3 is 1. The van der Waals surface area contributed by atoms with Gasteiger partial charge in [0.2, 0.25) is 5.88 Å². The molecule has 1 unspecified atom stereocenters. The highest BCUT2D eigenvalue weighted by atomic mass is 35.5. The summed E-state index contributed by atoms with van der Waals surface area (Å²) in [4.78, 5) is 4.30. The maximum Gasteiger partial charge on any atom is 0.416 e. The Hall–Kier alpha value is -2.57. The fourth-order valence-corrected chi connectivity index (χ4v) is 3.16. The van der Waals surface area contributed by atoms with Crippen LogP contribution in [0.3, 0.4) is 0 Å². The van der Waals surface area contributed by atoms with E-state index in [1.165, 1.54) is 19.2 Å². The molecule has 0 radical (unpaired) electrons. The molecule has 3 nitrogen and oxygen atoms in total. The smallest absolute Gasteiger partial charge is 0.416 e. The molecule has 0 saturated heterocycles. The largest absolute Gasteiger partial charge is 0.481 e. The summed E-state index contributed by atoms with van der Waals surface area (Å²) in [7, 11) is 1.48. The van der Waals surface area contributed by atoms with Crippen LogP contribution in [0, 0.1) is 0 Å². The number of benzene rings is 2. The number of ether oxygens (including phenoxy) is 1. The highest BCUT2D eigenvalue weighted by Crippen LogP contribution is 2.33. The molecule has 0 aliphatic heterocycles. The Balaban J connectivity index is 1.80. The lowest BCUT2D eigenvalue weighted by atomic mass is 10.0. The van der Waals surface area contributed by atoms with Crippen molar-refractivity contribution in [2.24, 2.45) is 0 Å². The van der Waals surface area contributed by atoms with Crippen LogP contribution in [0.15, 0.2) is 60.8 Å². The van der Waals surface area contributed by atoms with Crippen molar-refractivity contribution in [3.8, 4) is 17.0 Å². The second-order valence-electron chi connectivity index (χ2n) is 6.63. The van der Waals surface area contributed by atoms with Gasteiger partial charge in [0, 0.05) is 29.4 Å². The zero-order valence-corrected chi connectivity index (χ0v) is 16.7. The van der Waals surface area contributed by atoms with Crippen LogP contribution >= 0.6 is 11.6 Å². The second-order valence-corrected chi connectivity index (χ2v) is 7.07. The fourth-order valence-electron chi connectivity index (χ4n) is 2.97. The van der Waals surface area contributed by atoms with Crippen molar-refractivity contribution in [2.75, 3.05) is 7.11 Å². The van der Waals surface area contributed by atoms with E-state index >= 15 is 0 Å². The van der Waals surface area contributed by atoms with Crippen LogP contribution in [0.2, 0.25) is 5.02 Å². The first-order chi connectivity index (χ1) is 13.8. The average Bonchev–Trinajstić information content (AvgIpc) is 2.71. The Morgan fingerprint density at radius 2 is 1.83 bits per heavy atom. The van der Waals surface area contributed by atoms with Crippen LogP contribution < -0.4 is 10.1 Å². The highest BCUT2D eigenvalue weighted by Gasteiger charge is 2.30. The Labute approximate surface area is 172 Å². The zero-order chi connectivity index (χ0) is 21.0. The Morgan fingerprint density at radius 1 is 1.10 bits per heavy atom. The fraction of sp³-hybridized carbons (Fsp3) is 0.227. The predicted octanol–water partition coefficient (Wildman–Crippen LogP) is 6.28. The van der Waals surface area contributed by atoms with Crippen LogP contribution in [0.4, 0.5) is 13.2 Å². The van der Waals surface area contributed by atoms with Crippen LogP contribution in [-0.2, 0) is 12.7 Å². The maximum atomic E-state index is 12.8. The summed E-state index contributed by atoms with van der Waals surface area (Å²) in [6, 6.07) is 14.5. The molecule has 1 N–H and O–H groups in total. The molecule has 0 saturated carbocycles. The van der Waals surface area contributed by atoms with Gasteiger partial charge >= 0.3 is 6.18 Å². The molecule has 1 heterocycles. The van der Waals surface area contributed by atoms with Gasteiger partial charge in [0.05, 0.1) is 12.7 Å². The molecule has 1 atom stereocenters. The van der Waals surface area contributed by atoms with Crippen LogP contribution in [0.1, 0.15) is 29.7 Å². The van der Waals surface area contributed by atoms with Gasteiger partial charge in [-0.15, -0.1) is 0 Å². The molecule has 0 spiro atoms. The summed E-state index contributed by atoms with van der Waals surface area (Å²) < 4.78 is 43.7. The highest BCUT2D eigenvalue weighted by molar-refractivity contribution is 6.30. The normalized spacial score (nSPS) is 12.6. The van der Waals surface area contributed by atoms with E-state index in [0.717, 1.165) is 23.3 Å². The van der Waals surface area contributed by atoms with Gasteiger partial charge in [-0.25, -0.2) is 4.98 Å². The van der Waals surface area contributed by atoms with Gasteiger partial charge in [0.25, 0.3) is 0 Å². The molecule has 0 fully saturated rings. The number of hydrogen-bond donors (Lipinski definition) is 1. The quantitative estimate of drug-likeness (QED) is 0.509. The molecular formula is C22H20ClF3N2O. The summed E-state index contributed by atoms with van der Waals surface area (Å²) in [5, 5.41) is 4.07. The van der Waals surface area contributed by atoms with Gasteiger partial charge in [0.1, 0.15) is 0 Å². The molecule has 7 heteroatoms. The van der Waals surface area contributed by atoms with Crippen LogP contribution in [0.5, 0.6) is 5.88 Å². The number of aromatic nitrogens is 1. The van der Waals surface area contributed by atoms with Gasteiger partial charge in [-0.05, 0) is 53.9 Å². The van der Waals surface area contributed by atoms with E-state index in [4.69, 9.17) is 16.3 Å². The number of nitrogens with zero attached hydrogens (tertiary/aromatic N) is 1. The van der Waals surface area contributed by atoms with Crippen molar-refractivity contribution in [2.45, 2.75) is 25.7 Å². The van der Waals surface area contributed by atoms with E-state index < -0.39 is 11.7 Å². The van der Waals surface area contributed by atoms with Crippen molar-refractivity contribution in [1.82, 2.24) is 10.3 Å². The van der Waals surface area contributed by atoms with Gasteiger partial charge < -0.3 is 10.1 Å². The van der Waals surface area contributed by atoms with E-state index in [0.29, 0.717) is 28.6 Å². The van der Waals surface area contributed by atoms with Gasteiger partial charge in [-0.2, -0.15) is 13.2 Å². The minimum atomic E-state index is -4.37. The molecule has 152 valence electrons. The van der Waals surface area contributed by atoms with Crippen molar-refractivity contribution >= 4 is 11.6 Å². The van der Waals surface area contributed by atoms with E-state index in [-0.39, 0.29) is 6.04 Å². The molecule has 0 amide bonds. The molecule has 29 heavy (non-hydrogen) atoms. The lowest BCUT2D eigenvalue weighted by Gasteiger charge is -2.16. The molecule has 2 aromatic carbocycles. The number of pyridine rings is 1. The number of rotatable bonds is 6. The van der Waals surface area contributed by atoms with Crippen molar-refractivity contribution in [3.63, 3.8) is 0 Å². The van der Waals surface area contributed by atoms with E-state index in [2.05, 4.69) is 10.3 Å². The first-order valence-electron chi connectivity index (χ1n) is 8.97. The number of alkyl halides is 3. The van der Waals surface area contributed by atoms with Crippen LogP contribution in [-0.4, -0.2) is 12.1 Å². The molecule has 3 aromatic rings. The van der Waals surface area contributed by atoms with E-state index in [9.17, 15) is 13.2 Å². The second kappa shape index (κ2) is 8.84. The number of halogens is 4. The molecule has 3 rings (SSSR count). The Bertz CT molecular complexity index is 975. The number of nitrogens with one attached hydrogen (secondary N) is 1. The summed E-state index contributed by atoms with van der Waals surface area (Å²) in [6.07, 6.45) is -2.69. The third-order valence-corrected chi connectivity index (χ3v) is 4.82. The standard InChI is InChI=1S/C22H20ClF3N2O/c1-14(17-4-3-5-19(23)11-17)27-12-15-10-20(21(29-2)28-13-15)16-6-8-18(9-7-16)22(24,25)26/h3-11,13-14,27H,12H2,1-2H3. The topological polar surface area (TPSA) is 34.1 Å². The minimum Gasteiger partial charge on any atom is -0.481 e. The average molecular weight is 421 g/mol. The molecule has 0 aliphatic carbocycles. The Kier molecular flexibility index (Phi) is 6.45. The van der Waals surface area contributed by atoms with E-state index in [1.54, 1.807) is 6.20 Å². The van der Waals surface area contributed by atoms with E-state index in [1.807, 2.05) is 37.3 Å². The SMILES string of the molecule is COc1ncc(CNC(C)c2cccc(Cl)c2)cc1-c1ccc(C(F)(F)F)cc1. The lowest BCUT2D eigenvalue weighted by molar-refractivity contribution is -0.137. The first-order valence-corrected chi connectivity index (χ1v) is 9.35. The van der Waals surface area contributed by atoms with Gasteiger partial charge in [-0.3, -0.25) is 0 Å². The van der Waals surface area contributed by atoms with Crippen molar-refractivity contribution in [1.29, 1.82) is 0 Å². The molecule has 0 bridgehead atoms. The number of hydrogen-bond acceptors (Lipinski definition) is 3. The molecule has 1 aromatic heterocycles. The summed E-state index contributed by atoms with van der Waals surface area (Å²) in [5.41, 5.74) is 2.49. The van der Waals surface area contributed by atoms with Gasteiger partial charge in [0.15, 0.2) is 0 Å². The Morgan fingerprint density at radius 3 is 2.45 bits per heavy atom. The van der Waals surface area contributed by atoms with Gasteiger partial charge in [-0.1, -0.05) is 35.9 Å². The molecular weight excluding hydrogens is 401 g/mol. The monoisotopic (exact) mass is 420 g/mol. The predicted molar refractivity (Wildman–Crippen MR) is 108 cm³/mol. The van der Waals surface area contributed by atoms with Crippen molar-refractivity contribution < 1.29 is 17.9 Å². The summed E-state index contributed by atoms with van der Waals surface area (Å²) >= 11 is 6.05. The molecule has 0 aliphatic rings. The summed E-state index contributed by atoms with van der Waals surface area (Å²) in [5.74, 6) is 0.358. The third-order valence-electron chi connectivity index (χ3n) is 4.59. The van der Waals surface area contributed by atoms with Crippen molar-refractivity contribution in [3.05, 3.63) is 82.5 Å². The van der Waals surface area contributed by atoms with Crippen LogP contribution in [0.25, 0.3) is 11.1 Å². The lowest BCUT2D eigenvalue weighted by Crippen LogP contribution is -2.18. The minimum absolute atomic E-state index is 0.0605. The zero-order valence-electron chi connectivity index (χ0n) is 15.9. The maximum absolute atomic E-state index is 12.8. The summed E-state index contributed by atoms with van der Waals surface area (Å²) in [6.45, 7) is 2.55. The third kappa shape index (κ3) is 5.28.